The molecule has 1 N–H and O–H groups in total. The third kappa shape index (κ3) is 3.74. The molecule has 0 atom stereocenters. The van der Waals surface area contributed by atoms with E-state index in [4.69, 9.17) is 9.84 Å². The molecule has 3 aromatic carbocycles. The number of anilines is 1. The lowest BCUT2D eigenvalue weighted by Crippen LogP contribution is -2.12. The van der Waals surface area contributed by atoms with Crippen molar-refractivity contribution >= 4 is 32.6 Å². The van der Waals surface area contributed by atoms with Gasteiger partial charge in [0.25, 0.3) is 5.91 Å². The highest BCUT2D eigenvalue weighted by Crippen LogP contribution is 2.33. The molecule has 2 heterocycles. The van der Waals surface area contributed by atoms with Crippen LogP contribution in [0.1, 0.15) is 15.9 Å². The molecule has 2 aromatic heterocycles. The van der Waals surface area contributed by atoms with Gasteiger partial charge in [0.1, 0.15) is 11.4 Å². The van der Waals surface area contributed by atoms with Crippen molar-refractivity contribution in [1.82, 2.24) is 14.8 Å². The van der Waals surface area contributed by atoms with E-state index in [1.54, 1.807) is 18.0 Å². The molecule has 7 heteroatoms. The van der Waals surface area contributed by atoms with Crippen LogP contribution in [0.2, 0.25) is 0 Å². The summed E-state index contributed by atoms with van der Waals surface area (Å²) in [6.45, 7) is 2.04. The topological polar surface area (TPSA) is 69.0 Å². The van der Waals surface area contributed by atoms with Crippen LogP contribution in [0.5, 0.6) is 5.75 Å². The highest BCUT2D eigenvalue weighted by Gasteiger charge is 2.22. The number of thiazole rings is 1. The fraction of sp³-hybridized carbons (Fsp3) is 0.0800. The third-order valence-electron chi connectivity index (χ3n) is 5.11. The standard InChI is InChI=1S/C25H20N4O2S/c1-16-12-13-20-22(14-16)32-25(26-20)27-24(30)19-15-29(17-8-4-3-5-9-17)28-23(19)18-10-6-7-11-21(18)31-2/h3-15H,1-2H3,(H,26,27,30). The number of nitrogens with one attached hydrogen (secondary N) is 1. The Kier molecular flexibility index (Phi) is 5.17. The fourth-order valence-corrected chi connectivity index (χ4v) is 4.50. The second-order valence-corrected chi connectivity index (χ2v) is 8.35. The number of aromatic nitrogens is 3. The normalized spacial score (nSPS) is 10.9. The molecule has 0 radical (unpaired) electrons. The second kappa shape index (κ2) is 8.28. The predicted octanol–water partition coefficient (Wildman–Crippen LogP) is 5.72. The molecule has 0 bridgehead atoms. The Labute approximate surface area is 189 Å². The Balaban J connectivity index is 1.57. The van der Waals surface area contributed by atoms with E-state index >= 15 is 0 Å². The molecule has 1 amide bonds. The molecule has 0 spiro atoms. The molecule has 0 aliphatic heterocycles. The summed E-state index contributed by atoms with van der Waals surface area (Å²) in [5.41, 5.74) is 4.60. The zero-order chi connectivity index (χ0) is 22.1. The SMILES string of the molecule is COc1ccccc1-c1nn(-c2ccccc2)cc1C(=O)Nc1nc2ccc(C)cc2s1. The molecular weight excluding hydrogens is 420 g/mol. The van der Waals surface area contributed by atoms with Crippen molar-refractivity contribution in [3.63, 3.8) is 0 Å². The summed E-state index contributed by atoms with van der Waals surface area (Å²) in [7, 11) is 1.61. The first-order valence-electron chi connectivity index (χ1n) is 10.1. The van der Waals surface area contributed by atoms with E-state index < -0.39 is 0 Å². The van der Waals surface area contributed by atoms with E-state index in [0.29, 0.717) is 22.1 Å². The van der Waals surface area contributed by atoms with Crippen molar-refractivity contribution in [3.8, 4) is 22.7 Å². The van der Waals surface area contributed by atoms with Crippen LogP contribution < -0.4 is 10.1 Å². The molecule has 158 valence electrons. The zero-order valence-electron chi connectivity index (χ0n) is 17.6. The highest BCUT2D eigenvalue weighted by molar-refractivity contribution is 7.22. The smallest absolute Gasteiger partial charge is 0.261 e. The van der Waals surface area contributed by atoms with Gasteiger partial charge in [-0.1, -0.05) is 47.7 Å². The van der Waals surface area contributed by atoms with E-state index in [-0.39, 0.29) is 5.91 Å². The van der Waals surface area contributed by atoms with Gasteiger partial charge in [-0.15, -0.1) is 0 Å². The molecule has 0 saturated carbocycles. The van der Waals surface area contributed by atoms with Gasteiger partial charge in [0.05, 0.1) is 28.6 Å². The Hall–Kier alpha value is -3.97. The summed E-state index contributed by atoms with van der Waals surface area (Å²) >= 11 is 1.45. The van der Waals surface area contributed by atoms with E-state index in [1.807, 2.05) is 73.7 Å². The molecule has 0 fully saturated rings. The molecule has 6 nitrogen and oxygen atoms in total. The van der Waals surface area contributed by atoms with Gasteiger partial charge < -0.3 is 4.74 Å². The maximum atomic E-state index is 13.4. The van der Waals surface area contributed by atoms with Gasteiger partial charge in [0.2, 0.25) is 0 Å². The number of carbonyl (C=O) groups excluding carboxylic acids is 1. The van der Waals surface area contributed by atoms with Crippen LogP contribution in [0.15, 0.2) is 79.0 Å². The number of rotatable bonds is 5. The molecule has 0 aliphatic carbocycles. The number of nitrogens with zero attached hydrogens (tertiary/aromatic N) is 3. The number of hydrogen-bond acceptors (Lipinski definition) is 5. The molecule has 5 rings (SSSR count). The number of hydrogen-bond donors (Lipinski definition) is 1. The number of methoxy groups -OCH3 is 1. The van der Waals surface area contributed by atoms with Crippen molar-refractivity contribution in [3.05, 3.63) is 90.1 Å². The number of benzene rings is 3. The average Bonchev–Trinajstić information content (AvgIpc) is 3.43. The van der Waals surface area contributed by atoms with Gasteiger partial charge in [-0.2, -0.15) is 5.10 Å². The average molecular weight is 441 g/mol. The van der Waals surface area contributed by atoms with E-state index in [0.717, 1.165) is 27.0 Å². The van der Waals surface area contributed by atoms with Crippen LogP contribution in [-0.4, -0.2) is 27.8 Å². The molecular formula is C25H20N4O2S. The van der Waals surface area contributed by atoms with E-state index in [1.165, 1.54) is 11.3 Å². The summed E-state index contributed by atoms with van der Waals surface area (Å²) in [5.74, 6) is 0.374. The first kappa shape index (κ1) is 20.0. The maximum absolute atomic E-state index is 13.4. The summed E-state index contributed by atoms with van der Waals surface area (Å²) in [6.07, 6.45) is 1.74. The first-order chi connectivity index (χ1) is 15.6. The lowest BCUT2D eigenvalue weighted by Gasteiger charge is -2.07. The number of carbonyl (C=O) groups is 1. The lowest BCUT2D eigenvalue weighted by molar-refractivity contribution is 0.102. The monoisotopic (exact) mass is 440 g/mol. The van der Waals surface area contributed by atoms with Gasteiger partial charge in [0.15, 0.2) is 5.13 Å². The number of fused-ring (bicyclic) bond motifs is 1. The van der Waals surface area contributed by atoms with Gasteiger partial charge in [-0.25, -0.2) is 9.67 Å². The van der Waals surface area contributed by atoms with Crippen LogP contribution in [-0.2, 0) is 0 Å². The molecule has 0 unspecified atom stereocenters. The quantitative estimate of drug-likeness (QED) is 0.380. The summed E-state index contributed by atoms with van der Waals surface area (Å²) in [5, 5.41) is 8.24. The van der Waals surface area contributed by atoms with Crippen molar-refractivity contribution in [2.45, 2.75) is 6.92 Å². The maximum Gasteiger partial charge on any atom is 0.261 e. The minimum Gasteiger partial charge on any atom is -0.496 e. The molecule has 32 heavy (non-hydrogen) atoms. The molecule has 0 aliphatic rings. The second-order valence-electron chi connectivity index (χ2n) is 7.32. The Morgan fingerprint density at radius 1 is 1.03 bits per heavy atom. The number of amides is 1. The zero-order valence-corrected chi connectivity index (χ0v) is 18.4. The van der Waals surface area contributed by atoms with Crippen LogP contribution in [0.3, 0.4) is 0 Å². The summed E-state index contributed by atoms with van der Waals surface area (Å²) < 4.78 is 8.27. The van der Waals surface area contributed by atoms with Crippen molar-refractivity contribution < 1.29 is 9.53 Å². The van der Waals surface area contributed by atoms with Gasteiger partial charge in [0, 0.05) is 11.8 Å². The molecule has 0 saturated heterocycles. The Morgan fingerprint density at radius 2 is 1.81 bits per heavy atom. The summed E-state index contributed by atoms with van der Waals surface area (Å²) in [6, 6.07) is 23.3. The number of ether oxygens (including phenoxy) is 1. The van der Waals surface area contributed by atoms with Crippen molar-refractivity contribution in [1.29, 1.82) is 0 Å². The Bertz CT molecular complexity index is 1420. The highest BCUT2D eigenvalue weighted by atomic mass is 32.1. The lowest BCUT2D eigenvalue weighted by atomic mass is 10.1. The number of para-hydroxylation sites is 2. The van der Waals surface area contributed by atoms with Crippen LogP contribution in [0.25, 0.3) is 27.2 Å². The fourth-order valence-electron chi connectivity index (χ4n) is 3.54. The Morgan fingerprint density at radius 3 is 2.62 bits per heavy atom. The van der Waals surface area contributed by atoms with Crippen molar-refractivity contribution in [2.75, 3.05) is 12.4 Å². The van der Waals surface area contributed by atoms with E-state index in [9.17, 15) is 4.79 Å². The molecule has 5 aromatic rings. The van der Waals surface area contributed by atoms with Crippen LogP contribution >= 0.6 is 11.3 Å². The van der Waals surface area contributed by atoms with Crippen molar-refractivity contribution in [2.24, 2.45) is 0 Å². The number of aryl methyl sites for hydroxylation is 1. The van der Waals surface area contributed by atoms with Gasteiger partial charge in [-0.3, -0.25) is 10.1 Å². The van der Waals surface area contributed by atoms with Gasteiger partial charge in [-0.05, 0) is 48.9 Å². The third-order valence-corrected chi connectivity index (χ3v) is 6.04. The van der Waals surface area contributed by atoms with E-state index in [2.05, 4.69) is 16.4 Å². The van der Waals surface area contributed by atoms with Crippen LogP contribution in [0.4, 0.5) is 5.13 Å². The predicted molar refractivity (Wildman–Crippen MR) is 128 cm³/mol. The van der Waals surface area contributed by atoms with Crippen LogP contribution in [0, 0.1) is 6.92 Å². The van der Waals surface area contributed by atoms with Gasteiger partial charge >= 0.3 is 0 Å². The summed E-state index contributed by atoms with van der Waals surface area (Å²) in [4.78, 5) is 17.9. The largest absolute Gasteiger partial charge is 0.496 e. The minimum atomic E-state index is -0.274. The minimum absolute atomic E-state index is 0.274. The first-order valence-corrected chi connectivity index (χ1v) is 10.9.